The maximum absolute atomic E-state index is 13.0. The first-order valence-corrected chi connectivity index (χ1v) is 10.9. The molecular formula is C22H18FN3O6S. The Morgan fingerprint density at radius 1 is 0.818 bits per heavy atom. The summed E-state index contributed by atoms with van der Waals surface area (Å²) in [6.45, 7) is -0.710. The minimum Gasteiger partial charge on any atom is -0.452 e. The Kier molecular flexibility index (Phi) is 7.36. The van der Waals surface area contributed by atoms with E-state index in [1.807, 2.05) is 0 Å². The van der Waals surface area contributed by atoms with E-state index in [2.05, 4.69) is 15.6 Å². The van der Waals surface area contributed by atoms with Gasteiger partial charge in [-0.25, -0.2) is 17.6 Å². The first-order chi connectivity index (χ1) is 15.7. The second kappa shape index (κ2) is 10.4. The van der Waals surface area contributed by atoms with Gasteiger partial charge in [-0.2, -0.15) is 0 Å². The fourth-order valence-corrected chi connectivity index (χ4v) is 3.66. The monoisotopic (exact) mass is 471 g/mol. The van der Waals surface area contributed by atoms with Gasteiger partial charge in [0, 0.05) is 11.3 Å². The van der Waals surface area contributed by atoms with Gasteiger partial charge < -0.3 is 4.74 Å². The predicted octanol–water partition coefficient (Wildman–Crippen LogP) is 2.24. The smallest absolute Gasteiger partial charge is 0.338 e. The van der Waals surface area contributed by atoms with Crippen molar-refractivity contribution >= 4 is 33.5 Å². The number of anilines is 1. The number of hydrogen-bond donors (Lipinski definition) is 3. The zero-order valence-corrected chi connectivity index (χ0v) is 17.8. The standard InChI is InChI=1S/C22H18FN3O6S/c23-17-9-11-18(12-10-17)26-33(30,31)19-8-4-7-16(13-19)22(29)32-14-20(27)24-25-21(28)15-5-2-1-3-6-15/h1-13,26H,14H2,(H,24,27)(H,25,28). The average molecular weight is 471 g/mol. The van der Waals surface area contributed by atoms with Crippen molar-refractivity contribution in [3.05, 3.63) is 95.8 Å². The molecule has 11 heteroatoms. The zero-order chi connectivity index (χ0) is 23.8. The zero-order valence-electron chi connectivity index (χ0n) is 16.9. The molecule has 0 heterocycles. The van der Waals surface area contributed by atoms with Crippen molar-refractivity contribution in [2.24, 2.45) is 0 Å². The lowest BCUT2D eigenvalue weighted by molar-refractivity contribution is -0.125. The van der Waals surface area contributed by atoms with Gasteiger partial charge in [0.15, 0.2) is 6.61 Å². The highest BCUT2D eigenvalue weighted by atomic mass is 32.2. The summed E-state index contributed by atoms with van der Waals surface area (Å²) in [6.07, 6.45) is 0. The molecule has 9 nitrogen and oxygen atoms in total. The number of halogens is 1. The Morgan fingerprint density at radius 3 is 2.18 bits per heavy atom. The number of hydrogen-bond acceptors (Lipinski definition) is 6. The first-order valence-electron chi connectivity index (χ1n) is 9.44. The molecule has 0 spiro atoms. The molecule has 2 amide bonds. The summed E-state index contributed by atoms with van der Waals surface area (Å²) in [5.41, 5.74) is 4.63. The van der Waals surface area contributed by atoms with Gasteiger partial charge in [0.2, 0.25) is 0 Å². The Morgan fingerprint density at radius 2 is 1.48 bits per heavy atom. The van der Waals surface area contributed by atoms with Crippen LogP contribution in [0.3, 0.4) is 0 Å². The van der Waals surface area contributed by atoms with Gasteiger partial charge in [0.25, 0.3) is 21.8 Å². The molecule has 0 aliphatic rings. The summed E-state index contributed by atoms with van der Waals surface area (Å²) in [7, 11) is -4.06. The summed E-state index contributed by atoms with van der Waals surface area (Å²) in [6, 6.07) is 17.8. The van der Waals surface area contributed by atoms with Crippen LogP contribution in [0.2, 0.25) is 0 Å². The fourth-order valence-electron chi connectivity index (χ4n) is 2.56. The molecule has 0 aliphatic heterocycles. The van der Waals surface area contributed by atoms with Crippen LogP contribution in [-0.4, -0.2) is 32.8 Å². The van der Waals surface area contributed by atoms with Gasteiger partial charge >= 0.3 is 5.97 Å². The molecule has 0 radical (unpaired) electrons. The van der Waals surface area contributed by atoms with Crippen molar-refractivity contribution < 1.29 is 31.9 Å². The lowest BCUT2D eigenvalue weighted by Crippen LogP contribution is -2.43. The number of amides is 2. The van der Waals surface area contributed by atoms with Gasteiger partial charge in [-0.1, -0.05) is 24.3 Å². The van der Waals surface area contributed by atoms with Gasteiger partial charge in [0.05, 0.1) is 10.5 Å². The van der Waals surface area contributed by atoms with Gasteiger partial charge in [0.1, 0.15) is 5.82 Å². The van der Waals surface area contributed by atoms with E-state index in [9.17, 15) is 27.2 Å². The quantitative estimate of drug-likeness (QED) is 0.358. The molecule has 3 N–H and O–H groups in total. The van der Waals surface area contributed by atoms with Crippen molar-refractivity contribution in [3.63, 3.8) is 0 Å². The third-order valence-electron chi connectivity index (χ3n) is 4.16. The number of carbonyl (C=O) groups is 3. The van der Waals surface area contributed by atoms with E-state index >= 15 is 0 Å². The molecule has 0 saturated carbocycles. The predicted molar refractivity (Wildman–Crippen MR) is 116 cm³/mol. The fraction of sp³-hybridized carbons (Fsp3) is 0.0455. The average Bonchev–Trinajstić information content (AvgIpc) is 2.83. The molecule has 0 aromatic heterocycles. The largest absolute Gasteiger partial charge is 0.452 e. The second-order valence-corrected chi connectivity index (χ2v) is 8.27. The minimum atomic E-state index is -4.06. The number of nitrogens with one attached hydrogen (secondary N) is 3. The third kappa shape index (κ3) is 6.61. The number of benzene rings is 3. The Balaban J connectivity index is 1.56. The molecule has 0 fully saturated rings. The van der Waals surface area contributed by atoms with E-state index in [0.717, 1.165) is 18.2 Å². The van der Waals surface area contributed by atoms with Crippen molar-refractivity contribution in [1.82, 2.24) is 10.9 Å². The third-order valence-corrected chi connectivity index (χ3v) is 5.54. The van der Waals surface area contributed by atoms with Crippen molar-refractivity contribution in [1.29, 1.82) is 0 Å². The molecule has 0 bridgehead atoms. The van der Waals surface area contributed by atoms with Gasteiger partial charge in [-0.15, -0.1) is 0 Å². The molecule has 170 valence electrons. The Hall–Kier alpha value is -4.25. The van der Waals surface area contributed by atoms with E-state index in [0.29, 0.717) is 5.56 Å². The summed E-state index contributed by atoms with van der Waals surface area (Å²) >= 11 is 0. The molecule has 3 aromatic carbocycles. The topological polar surface area (TPSA) is 131 Å². The van der Waals surface area contributed by atoms with Crippen LogP contribution in [0.1, 0.15) is 20.7 Å². The number of hydrazine groups is 1. The number of rotatable bonds is 7. The van der Waals surface area contributed by atoms with Crippen molar-refractivity contribution in [3.8, 4) is 0 Å². The van der Waals surface area contributed by atoms with Crippen molar-refractivity contribution in [2.75, 3.05) is 11.3 Å². The van der Waals surface area contributed by atoms with Crippen LogP contribution in [0, 0.1) is 5.82 Å². The lowest BCUT2D eigenvalue weighted by Gasteiger charge is -2.10. The molecule has 0 unspecified atom stereocenters. The summed E-state index contributed by atoms with van der Waals surface area (Å²) in [5.74, 6) is -2.82. The van der Waals surface area contributed by atoms with E-state index in [1.165, 1.54) is 30.3 Å². The van der Waals surface area contributed by atoms with Crippen LogP contribution in [0.5, 0.6) is 0 Å². The molecule has 3 rings (SSSR count). The molecular weight excluding hydrogens is 453 g/mol. The SMILES string of the molecule is O=C(COC(=O)c1cccc(S(=O)(=O)Nc2ccc(F)cc2)c1)NNC(=O)c1ccccc1. The van der Waals surface area contributed by atoms with E-state index in [1.54, 1.807) is 30.3 Å². The van der Waals surface area contributed by atoms with Crippen molar-refractivity contribution in [2.45, 2.75) is 4.90 Å². The number of sulfonamides is 1. The van der Waals surface area contributed by atoms with Crippen LogP contribution in [0.4, 0.5) is 10.1 Å². The van der Waals surface area contributed by atoms with Crippen LogP contribution >= 0.6 is 0 Å². The maximum atomic E-state index is 13.0. The second-order valence-electron chi connectivity index (χ2n) is 6.58. The highest BCUT2D eigenvalue weighted by molar-refractivity contribution is 7.92. The van der Waals surface area contributed by atoms with Crippen LogP contribution in [0.15, 0.2) is 83.8 Å². The van der Waals surface area contributed by atoms with Crippen LogP contribution < -0.4 is 15.6 Å². The molecule has 3 aromatic rings. The Labute approximate surface area is 188 Å². The maximum Gasteiger partial charge on any atom is 0.338 e. The van der Waals surface area contributed by atoms with E-state index in [-0.39, 0.29) is 16.1 Å². The number of ether oxygens (including phenoxy) is 1. The van der Waals surface area contributed by atoms with E-state index in [4.69, 9.17) is 4.74 Å². The highest BCUT2D eigenvalue weighted by Crippen LogP contribution is 2.18. The normalized spacial score (nSPS) is 10.7. The minimum absolute atomic E-state index is 0.113. The summed E-state index contributed by atoms with van der Waals surface area (Å²) in [5, 5.41) is 0. The van der Waals surface area contributed by atoms with Gasteiger partial charge in [-0.05, 0) is 54.6 Å². The highest BCUT2D eigenvalue weighted by Gasteiger charge is 2.18. The van der Waals surface area contributed by atoms with E-state index < -0.39 is 40.2 Å². The molecule has 0 atom stereocenters. The number of esters is 1. The van der Waals surface area contributed by atoms with Gasteiger partial charge in [-0.3, -0.25) is 25.2 Å². The summed E-state index contributed by atoms with van der Waals surface area (Å²) < 4.78 is 45.2. The molecule has 0 saturated heterocycles. The van der Waals surface area contributed by atoms with Crippen LogP contribution in [-0.2, 0) is 19.6 Å². The summed E-state index contributed by atoms with van der Waals surface area (Å²) in [4.78, 5) is 35.7. The first kappa shape index (κ1) is 23.4. The molecule has 33 heavy (non-hydrogen) atoms. The molecule has 0 aliphatic carbocycles. The Bertz CT molecular complexity index is 1260. The lowest BCUT2D eigenvalue weighted by atomic mass is 10.2. The van der Waals surface area contributed by atoms with Crippen LogP contribution in [0.25, 0.3) is 0 Å². The number of carbonyl (C=O) groups excluding carboxylic acids is 3.